The molecule has 0 atom stereocenters. The van der Waals surface area contributed by atoms with Crippen LogP contribution in [0.15, 0.2) is 12.1 Å². The first-order valence-corrected chi connectivity index (χ1v) is 4.77. The molecule has 0 spiro atoms. The second-order valence-electron chi connectivity index (χ2n) is 2.81. The molecule has 58 valence electrons. The number of aryl methyl sites for hydroxylation is 1. The fourth-order valence-corrected chi connectivity index (χ4v) is 2.30. The number of rotatable bonds is 0. The fourth-order valence-electron chi connectivity index (χ4n) is 1.45. The first-order valence-electron chi connectivity index (χ1n) is 3.69. The lowest BCUT2D eigenvalue weighted by atomic mass is 10.1. The van der Waals surface area contributed by atoms with Gasteiger partial charge in [-0.2, -0.15) is 0 Å². The van der Waals surface area contributed by atoms with E-state index >= 15 is 0 Å². The van der Waals surface area contributed by atoms with Crippen LogP contribution >= 0.6 is 22.6 Å². The molecule has 1 aromatic rings. The van der Waals surface area contributed by atoms with Crippen molar-refractivity contribution in [3.8, 4) is 5.75 Å². The SMILES string of the molecule is Cc1cc(I)cc2c1OCC2. The Morgan fingerprint density at radius 2 is 2.27 bits per heavy atom. The molecule has 0 N–H and O–H groups in total. The topological polar surface area (TPSA) is 9.23 Å². The molecule has 0 radical (unpaired) electrons. The normalized spacial score (nSPS) is 14.4. The van der Waals surface area contributed by atoms with Crippen LogP contribution in [-0.2, 0) is 6.42 Å². The summed E-state index contributed by atoms with van der Waals surface area (Å²) in [5.41, 5.74) is 2.64. The van der Waals surface area contributed by atoms with Crippen LogP contribution < -0.4 is 4.74 Å². The number of hydrogen-bond donors (Lipinski definition) is 0. The lowest BCUT2D eigenvalue weighted by Gasteiger charge is -2.03. The summed E-state index contributed by atoms with van der Waals surface area (Å²) < 4.78 is 6.79. The zero-order valence-electron chi connectivity index (χ0n) is 6.36. The van der Waals surface area contributed by atoms with Crippen molar-refractivity contribution in [3.63, 3.8) is 0 Å². The number of benzene rings is 1. The summed E-state index contributed by atoms with van der Waals surface area (Å²) in [4.78, 5) is 0. The average Bonchev–Trinajstić information content (AvgIpc) is 2.34. The molecule has 1 aliphatic rings. The van der Waals surface area contributed by atoms with Crippen LogP contribution in [0, 0.1) is 10.5 Å². The van der Waals surface area contributed by atoms with Crippen molar-refractivity contribution in [2.24, 2.45) is 0 Å². The van der Waals surface area contributed by atoms with Crippen molar-refractivity contribution in [2.45, 2.75) is 13.3 Å². The monoisotopic (exact) mass is 260 g/mol. The molecule has 1 aromatic carbocycles. The van der Waals surface area contributed by atoms with Gasteiger partial charge in [-0.25, -0.2) is 0 Å². The van der Waals surface area contributed by atoms with Gasteiger partial charge in [0.1, 0.15) is 5.75 Å². The zero-order valence-corrected chi connectivity index (χ0v) is 8.51. The third-order valence-electron chi connectivity index (χ3n) is 1.93. The van der Waals surface area contributed by atoms with Crippen LogP contribution in [0.3, 0.4) is 0 Å². The molecule has 2 heteroatoms. The average molecular weight is 260 g/mol. The highest BCUT2D eigenvalue weighted by atomic mass is 127. The maximum Gasteiger partial charge on any atom is 0.125 e. The Labute approximate surface area is 79.9 Å². The molecule has 2 rings (SSSR count). The number of hydrogen-bond acceptors (Lipinski definition) is 1. The summed E-state index contributed by atoms with van der Waals surface area (Å²) in [5.74, 6) is 1.12. The lowest BCUT2D eigenvalue weighted by Crippen LogP contribution is -1.87. The molecular formula is C9H9IO. The van der Waals surface area contributed by atoms with Gasteiger partial charge in [-0.15, -0.1) is 0 Å². The Morgan fingerprint density at radius 1 is 1.45 bits per heavy atom. The summed E-state index contributed by atoms with van der Waals surface area (Å²) in [6.07, 6.45) is 1.08. The highest BCUT2D eigenvalue weighted by Crippen LogP contribution is 2.30. The van der Waals surface area contributed by atoms with Gasteiger partial charge in [-0.05, 0) is 52.8 Å². The van der Waals surface area contributed by atoms with Gasteiger partial charge in [0.15, 0.2) is 0 Å². The minimum absolute atomic E-state index is 0.857. The van der Waals surface area contributed by atoms with Crippen LogP contribution in [0.4, 0.5) is 0 Å². The second-order valence-corrected chi connectivity index (χ2v) is 4.06. The Balaban J connectivity index is 2.60. The molecule has 0 saturated carbocycles. The second kappa shape index (κ2) is 2.66. The minimum Gasteiger partial charge on any atom is -0.493 e. The predicted molar refractivity (Wildman–Crippen MR) is 53.1 cm³/mol. The van der Waals surface area contributed by atoms with Gasteiger partial charge in [0.25, 0.3) is 0 Å². The zero-order chi connectivity index (χ0) is 7.84. The molecule has 0 aromatic heterocycles. The molecule has 1 heterocycles. The molecule has 0 saturated heterocycles. The van der Waals surface area contributed by atoms with Crippen molar-refractivity contribution in [1.82, 2.24) is 0 Å². The van der Waals surface area contributed by atoms with Crippen LogP contribution in [0.25, 0.3) is 0 Å². The Kier molecular flexibility index (Phi) is 1.79. The van der Waals surface area contributed by atoms with Crippen molar-refractivity contribution in [1.29, 1.82) is 0 Å². The van der Waals surface area contributed by atoms with Gasteiger partial charge in [-0.1, -0.05) is 0 Å². The Morgan fingerprint density at radius 3 is 3.09 bits per heavy atom. The van der Waals surface area contributed by atoms with E-state index < -0.39 is 0 Å². The number of ether oxygens (including phenoxy) is 1. The largest absolute Gasteiger partial charge is 0.493 e. The molecular weight excluding hydrogens is 251 g/mol. The van der Waals surface area contributed by atoms with Crippen molar-refractivity contribution < 1.29 is 4.74 Å². The first kappa shape index (κ1) is 7.40. The van der Waals surface area contributed by atoms with E-state index in [9.17, 15) is 0 Å². The van der Waals surface area contributed by atoms with E-state index in [1.54, 1.807) is 0 Å². The van der Waals surface area contributed by atoms with E-state index in [0.717, 1.165) is 18.8 Å². The predicted octanol–water partition coefficient (Wildman–Crippen LogP) is 2.53. The summed E-state index contributed by atoms with van der Waals surface area (Å²) in [5, 5.41) is 0. The Bertz CT molecular complexity index is 294. The molecule has 0 fully saturated rings. The molecule has 0 amide bonds. The summed E-state index contributed by atoms with van der Waals surface area (Å²) >= 11 is 2.34. The van der Waals surface area contributed by atoms with Gasteiger partial charge in [0.2, 0.25) is 0 Å². The van der Waals surface area contributed by atoms with Gasteiger partial charge in [0.05, 0.1) is 6.61 Å². The maximum atomic E-state index is 5.48. The molecule has 0 unspecified atom stereocenters. The molecule has 0 bridgehead atoms. The third-order valence-corrected chi connectivity index (χ3v) is 2.56. The molecule has 1 nitrogen and oxygen atoms in total. The molecule has 0 aliphatic carbocycles. The van der Waals surface area contributed by atoms with E-state index in [0.29, 0.717) is 0 Å². The first-order chi connectivity index (χ1) is 5.27. The van der Waals surface area contributed by atoms with Gasteiger partial charge >= 0.3 is 0 Å². The minimum atomic E-state index is 0.857. The maximum absolute atomic E-state index is 5.48. The van der Waals surface area contributed by atoms with Crippen LogP contribution in [0.5, 0.6) is 5.75 Å². The van der Waals surface area contributed by atoms with Crippen molar-refractivity contribution >= 4 is 22.6 Å². The summed E-state index contributed by atoms with van der Waals surface area (Å²) in [6, 6.07) is 4.36. The smallest absolute Gasteiger partial charge is 0.125 e. The lowest BCUT2D eigenvalue weighted by molar-refractivity contribution is 0.354. The van der Waals surface area contributed by atoms with Gasteiger partial charge in [0, 0.05) is 9.99 Å². The van der Waals surface area contributed by atoms with E-state index in [1.165, 1.54) is 14.7 Å². The third kappa shape index (κ3) is 1.24. The molecule has 1 aliphatic heterocycles. The van der Waals surface area contributed by atoms with Crippen LogP contribution in [-0.4, -0.2) is 6.61 Å². The van der Waals surface area contributed by atoms with Crippen LogP contribution in [0.1, 0.15) is 11.1 Å². The summed E-state index contributed by atoms with van der Waals surface area (Å²) in [7, 11) is 0. The van der Waals surface area contributed by atoms with E-state index in [-0.39, 0.29) is 0 Å². The van der Waals surface area contributed by atoms with E-state index in [2.05, 4.69) is 41.6 Å². The highest BCUT2D eigenvalue weighted by Gasteiger charge is 2.14. The number of fused-ring (bicyclic) bond motifs is 1. The van der Waals surface area contributed by atoms with Crippen LogP contribution in [0.2, 0.25) is 0 Å². The van der Waals surface area contributed by atoms with E-state index in [1.807, 2.05) is 0 Å². The summed E-state index contributed by atoms with van der Waals surface area (Å²) in [6.45, 7) is 2.96. The number of halogens is 1. The fraction of sp³-hybridized carbons (Fsp3) is 0.333. The highest BCUT2D eigenvalue weighted by molar-refractivity contribution is 14.1. The van der Waals surface area contributed by atoms with E-state index in [4.69, 9.17) is 4.74 Å². The standard InChI is InChI=1S/C9H9IO/c1-6-4-8(10)5-7-2-3-11-9(6)7/h4-5H,2-3H2,1H3. The Hall–Kier alpha value is -0.250. The molecule has 11 heavy (non-hydrogen) atoms. The van der Waals surface area contributed by atoms with Crippen molar-refractivity contribution in [2.75, 3.05) is 6.61 Å². The van der Waals surface area contributed by atoms with Crippen molar-refractivity contribution in [3.05, 3.63) is 26.8 Å². The quantitative estimate of drug-likeness (QED) is 0.651. The van der Waals surface area contributed by atoms with Gasteiger partial charge < -0.3 is 4.74 Å². The van der Waals surface area contributed by atoms with Gasteiger partial charge in [-0.3, -0.25) is 0 Å².